The van der Waals surface area contributed by atoms with Crippen LogP contribution in [0.2, 0.25) is 0 Å². The summed E-state index contributed by atoms with van der Waals surface area (Å²) >= 11 is 0. The van der Waals surface area contributed by atoms with E-state index in [1.165, 1.54) is 24.3 Å². The van der Waals surface area contributed by atoms with Crippen molar-refractivity contribution in [3.05, 3.63) is 75.8 Å². The summed E-state index contributed by atoms with van der Waals surface area (Å²) in [5.74, 6) is -0.305. The van der Waals surface area contributed by atoms with Gasteiger partial charge in [-0.05, 0) is 17.7 Å². The maximum Gasteiger partial charge on any atom is 0.269 e. The molecule has 4 N–H and O–H groups in total. The van der Waals surface area contributed by atoms with Gasteiger partial charge < -0.3 is 11.1 Å². The van der Waals surface area contributed by atoms with E-state index in [1.807, 2.05) is 30.3 Å². The number of amides is 1. The van der Waals surface area contributed by atoms with Crippen LogP contribution in [-0.4, -0.2) is 27.2 Å². The molecule has 0 aliphatic heterocycles. The topological polar surface area (TPSA) is 139 Å². The van der Waals surface area contributed by atoms with E-state index >= 15 is 0 Å². The van der Waals surface area contributed by atoms with Gasteiger partial charge in [0.1, 0.15) is 11.4 Å². The van der Waals surface area contributed by atoms with Crippen molar-refractivity contribution in [3.8, 4) is 0 Å². The Labute approximate surface area is 147 Å². The number of anilines is 2. The number of aromatic amines is 1. The van der Waals surface area contributed by atoms with Crippen LogP contribution in [0.1, 0.15) is 15.9 Å². The zero-order chi connectivity index (χ0) is 18.5. The first-order chi connectivity index (χ1) is 12.5. The summed E-state index contributed by atoms with van der Waals surface area (Å²) in [6.45, 7) is 0. The van der Waals surface area contributed by atoms with Crippen molar-refractivity contribution in [3.63, 3.8) is 0 Å². The van der Waals surface area contributed by atoms with Gasteiger partial charge >= 0.3 is 0 Å². The van der Waals surface area contributed by atoms with Crippen LogP contribution in [0.5, 0.6) is 0 Å². The second-order valence-electron chi connectivity index (χ2n) is 5.26. The number of hydrogen-bond acceptors (Lipinski definition) is 6. The zero-order valence-electron chi connectivity index (χ0n) is 13.4. The molecule has 9 nitrogen and oxygen atoms in total. The molecule has 0 fully saturated rings. The van der Waals surface area contributed by atoms with Gasteiger partial charge in [0, 0.05) is 24.0 Å². The largest absolute Gasteiger partial charge is 0.365 e. The molecule has 26 heavy (non-hydrogen) atoms. The molecule has 0 radical (unpaired) electrons. The van der Waals surface area contributed by atoms with Crippen molar-refractivity contribution in [2.45, 2.75) is 0 Å². The Bertz CT molecular complexity index is 964. The Balaban J connectivity index is 1.86. The van der Waals surface area contributed by atoms with Gasteiger partial charge in [0.25, 0.3) is 11.6 Å². The van der Waals surface area contributed by atoms with E-state index in [4.69, 9.17) is 5.73 Å². The molecule has 0 bridgehead atoms. The zero-order valence-corrected chi connectivity index (χ0v) is 13.4. The first-order valence-electron chi connectivity index (χ1n) is 7.53. The third-order valence-corrected chi connectivity index (χ3v) is 3.48. The normalized spacial score (nSPS) is 10.8. The first kappa shape index (κ1) is 16.8. The maximum absolute atomic E-state index is 11.8. The number of non-ortho nitro benzene ring substituents is 1. The number of benzene rings is 2. The van der Waals surface area contributed by atoms with Crippen molar-refractivity contribution in [2.24, 2.45) is 10.7 Å². The molecule has 1 heterocycles. The lowest BCUT2D eigenvalue weighted by Crippen LogP contribution is -2.12. The summed E-state index contributed by atoms with van der Waals surface area (Å²) in [5, 5.41) is 20.3. The van der Waals surface area contributed by atoms with Gasteiger partial charge in [-0.15, -0.1) is 0 Å². The summed E-state index contributed by atoms with van der Waals surface area (Å²) in [5.41, 5.74) is 6.87. The van der Waals surface area contributed by atoms with Gasteiger partial charge in [0.05, 0.1) is 4.92 Å². The number of nitrogens with zero attached hydrogens (tertiary/aromatic N) is 3. The highest BCUT2D eigenvalue weighted by atomic mass is 16.6. The monoisotopic (exact) mass is 350 g/mol. The highest BCUT2D eigenvalue weighted by molar-refractivity contribution is 6.03. The molecule has 2 aromatic carbocycles. The Morgan fingerprint density at radius 2 is 1.88 bits per heavy atom. The van der Waals surface area contributed by atoms with E-state index in [-0.39, 0.29) is 22.9 Å². The number of primary amides is 1. The number of aromatic nitrogens is 2. The molecule has 0 saturated carbocycles. The van der Waals surface area contributed by atoms with Crippen molar-refractivity contribution < 1.29 is 9.72 Å². The summed E-state index contributed by atoms with van der Waals surface area (Å²) < 4.78 is 0. The SMILES string of the molecule is NC(=O)c1c(N=Cc2ccccc2)n[nH]c1Nc1ccc([N+](=O)[O-])cc1. The Morgan fingerprint density at radius 3 is 2.50 bits per heavy atom. The molecular formula is C17H14N6O3. The summed E-state index contributed by atoms with van der Waals surface area (Å²) in [7, 11) is 0. The van der Waals surface area contributed by atoms with Gasteiger partial charge in [-0.3, -0.25) is 20.0 Å². The highest BCUT2D eigenvalue weighted by Crippen LogP contribution is 2.27. The average molecular weight is 350 g/mol. The molecule has 0 spiro atoms. The van der Waals surface area contributed by atoms with Crippen molar-refractivity contribution in [1.29, 1.82) is 0 Å². The van der Waals surface area contributed by atoms with E-state index in [0.29, 0.717) is 5.69 Å². The van der Waals surface area contributed by atoms with E-state index in [9.17, 15) is 14.9 Å². The van der Waals surface area contributed by atoms with Crippen LogP contribution >= 0.6 is 0 Å². The van der Waals surface area contributed by atoms with Crippen LogP contribution in [-0.2, 0) is 0 Å². The standard InChI is InChI=1S/C17H14N6O3/c18-15(24)14-16(19-10-11-4-2-1-3-5-11)21-22-17(14)20-12-6-8-13(9-7-12)23(25)26/h1-10H,(H2,18,24)(H2,20,21,22). The molecular weight excluding hydrogens is 336 g/mol. The molecule has 0 unspecified atom stereocenters. The van der Waals surface area contributed by atoms with Crippen molar-refractivity contribution >= 4 is 35.1 Å². The van der Waals surface area contributed by atoms with Gasteiger partial charge in [0.15, 0.2) is 5.82 Å². The van der Waals surface area contributed by atoms with E-state index in [1.54, 1.807) is 6.21 Å². The van der Waals surface area contributed by atoms with Crippen LogP contribution in [0.15, 0.2) is 59.6 Å². The number of rotatable bonds is 6. The van der Waals surface area contributed by atoms with Crippen LogP contribution in [0.4, 0.5) is 23.0 Å². The van der Waals surface area contributed by atoms with E-state index < -0.39 is 10.8 Å². The lowest BCUT2D eigenvalue weighted by atomic mass is 10.2. The molecule has 0 saturated heterocycles. The Hall–Kier alpha value is -4.01. The molecule has 1 amide bonds. The fourth-order valence-electron chi connectivity index (χ4n) is 2.24. The lowest BCUT2D eigenvalue weighted by Gasteiger charge is -2.05. The maximum atomic E-state index is 11.8. The number of carbonyl (C=O) groups is 1. The number of aliphatic imine (C=N–C) groups is 1. The minimum absolute atomic E-state index is 0.0385. The summed E-state index contributed by atoms with van der Waals surface area (Å²) in [4.78, 5) is 26.2. The quantitative estimate of drug-likeness (QED) is 0.356. The Kier molecular flexibility index (Phi) is 4.70. The van der Waals surface area contributed by atoms with Gasteiger partial charge in [-0.25, -0.2) is 4.99 Å². The average Bonchev–Trinajstić information content (AvgIpc) is 3.04. The van der Waals surface area contributed by atoms with Crippen molar-refractivity contribution in [2.75, 3.05) is 5.32 Å². The van der Waals surface area contributed by atoms with Crippen molar-refractivity contribution in [1.82, 2.24) is 10.2 Å². The molecule has 1 aromatic heterocycles. The number of nitro benzene ring substituents is 1. The number of nitrogens with two attached hydrogens (primary N) is 1. The third kappa shape index (κ3) is 3.73. The number of H-pyrrole nitrogens is 1. The second kappa shape index (κ2) is 7.26. The number of nitro groups is 1. The Morgan fingerprint density at radius 1 is 1.19 bits per heavy atom. The van der Waals surface area contributed by atoms with Crippen LogP contribution < -0.4 is 11.1 Å². The minimum atomic E-state index is -0.705. The smallest absolute Gasteiger partial charge is 0.269 e. The molecule has 9 heteroatoms. The van der Waals surface area contributed by atoms with Crippen LogP contribution in [0.3, 0.4) is 0 Å². The fourth-order valence-corrected chi connectivity index (χ4v) is 2.24. The molecule has 0 aliphatic carbocycles. The van der Waals surface area contributed by atoms with Gasteiger partial charge in [-0.2, -0.15) is 5.10 Å². The van der Waals surface area contributed by atoms with Crippen LogP contribution in [0, 0.1) is 10.1 Å². The number of nitrogens with one attached hydrogen (secondary N) is 2. The number of hydrogen-bond donors (Lipinski definition) is 3. The fraction of sp³-hybridized carbons (Fsp3) is 0. The molecule has 3 rings (SSSR count). The first-order valence-corrected chi connectivity index (χ1v) is 7.53. The second-order valence-corrected chi connectivity index (χ2v) is 5.26. The summed E-state index contributed by atoms with van der Waals surface area (Å²) in [6, 6.07) is 15.0. The number of carbonyl (C=O) groups excluding carboxylic acids is 1. The third-order valence-electron chi connectivity index (χ3n) is 3.48. The highest BCUT2D eigenvalue weighted by Gasteiger charge is 2.18. The van der Waals surface area contributed by atoms with Gasteiger partial charge in [-0.1, -0.05) is 30.3 Å². The van der Waals surface area contributed by atoms with Gasteiger partial charge in [0.2, 0.25) is 0 Å². The predicted octanol–water partition coefficient (Wildman–Crippen LogP) is 2.91. The molecule has 130 valence electrons. The van der Waals surface area contributed by atoms with E-state index in [0.717, 1.165) is 5.56 Å². The van der Waals surface area contributed by atoms with E-state index in [2.05, 4.69) is 20.5 Å². The molecule has 0 aliphatic rings. The minimum Gasteiger partial charge on any atom is -0.365 e. The van der Waals surface area contributed by atoms with Crippen LogP contribution in [0.25, 0.3) is 0 Å². The molecule has 3 aromatic rings. The molecule has 0 atom stereocenters. The predicted molar refractivity (Wildman–Crippen MR) is 97.2 cm³/mol. The summed E-state index contributed by atoms with van der Waals surface area (Å²) in [6.07, 6.45) is 1.57. The lowest BCUT2D eigenvalue weighted by molar-refractivity contribution is -0.384.